The first-order valence-electron chi connectivity index (χ1n) is 5.49. The van der Waals surface area contributed by atoms with Crippen LogP contribution in [0, 0.1) is 0 Å². The van der Waals surface area contributed by atoms with Crippen LogP contribution >= 0.6 is 11.6 Å². The third-order valence-electron chi connectivity index (χ3n) is 2.03. The average Bonchev–Trinajstić information content (AvgIpc) is 2.37. The second kappa shape index (κ2) is 7.30. The summed E-state index contributed by atoms with van der Waals surface area (Å²) in [5, 5.41) is 17.3. The predicted octanol–water partition coefficient (Wildman–Crippen LogP) is 2.44. The van der Waals surface area contributed by atoms with E-state index in [2.05, 4.69) is 4.98 Å². The Morgan fingerprint density at radius 3 is 2.55 bits per heavy atom. The van der Waals surface area contributed by atoms with Crippen molar-refractivity contribution in [2.45, 2.75) is 6.92 Å². The van der Waals surface area contributed by atoms with E-state index < -0.39 is 18.5 Å². The molecule has 0 saturated carbocycles. The number of carbonyl (C=O) groups is 2. The lowest BCUT2D eigenvalue weighted by atomic mass is 10.2. The standard InChI is InChI=1S/C11H8ClNO3.C2H4O2/c12-8-3-4-9(16-6-10(14)15)11-7(8)2-1-5-13-11;1-2(3)4/h1-5H,6H2,(H,14,15);1H3,(H,3,4). The molecule has 2 aromatic rings. The maximum absolute atomic E-state index is 10.4. The number of ether oxygens (including phenoxy) is 1. The number of carboxylic acids is 2. The van der Waals surface area contributed by atoms with Gasteiger partial charge in [0.2, 0.25) is 0 Å². The summed E-state index contributed by atoms with van der Waals surface area (Å²) in [7, 11) is 0. The van der Waals surface area contributed by atoms with Gasteiger partial charge in [0, 0.05) is 18.5 Å². The van der Waals surface area contributed by atoms with Gasteiger partial charge < -0.3 is 14.9 Å². The van der Waals surface area contributed by atoms with Gasteiger partial charge >= 0.3 is 5.97 Å². The van der Waals surface area contributed by atoms with Crippen molar-refractivity contribution in [1.29, 1.82) is 0 Å². The van der Waals surface area contributed by atoms with Crippen molar-refractivity contribution in [1.82, 2.24) is 4.98 Å². The number of aromatic nitrogens is 1. The average molecular weight is 298 g/mol. The van der Waals surface area contributed by atoms with Crippen molar-refractivity contribution in [3.8, 4) is 5.75 Å². The van der Waals surface area contributed by atoms with E-state index in [4.69, 9.17) is 31.3 Å². The number of rotatable bonds is 3. The molecular weight excluding hydrogens is 286 g/mol. The number of halogens is 1. The number of nitrogens with zero attached hydrogens (tertiary/aromatic N) is 1. The molecule has 0 unspecified atom stereocenters. The molecule has 6 nitrogen and oxygen atoms in total. The van der Waals surface area contributed by atoms with Gasteiger partial charge in [-0.15, -0.1) is 0 Å². The molecule has 0 aliphatic heterocycles. The van der Waals surface area contributed by atoms with Gasteiger partial charge in [-0.3, -0.25) is 9.78 Å². The molecule has 0 aliphatic carbocycles. The predicted molar refractivity (Wildman–Crippen MR) is 73.2 cm³/mol. The van der Waals surface area contributed by atoms with Crippen LogP contribution in [0.4, 0.5) is 0 Å². The largest absolute Gasteiger partial charge is 0.481 e. The number of hydrogen-bond donors (Lipinski definition) is 2. The first-order valence-corrected chi connectivity index (χ1v) is 5.87. The van der Waals surface area contributed by atoms with Gasteiger partial charge in [-0.1, -0.05) is 11.6 Å². The summed E-state index contributed by atoms with van der Waals surface area (Å²) in [6, 6.07) is 6.83. The zero-order chi connectivity index (χ0) is 15.1. The highest BCUT2D eigenvalue weighted by atomic mass is 35.5. The molecule has 0 radical (unpaired) electrons. The van der Waals surface area contributed by atoms with Gasteiger partial charge in [0.15, 0.2) is 6.61 Å². The van der Waals surface area contributed by atoms with E-state index in [1.165, 1.54) is 0 Å². The third kappa shape index (κ3) is 4.74. The highest BCUT2D eigenvalue weighted by molar-refractivity contribution is 6.35. The molecule has 1 aromatic heterocycles. The lowest BCUT2D eigenvalue weighted by Crippen LogP contribution is -2.09. The number of fused-ring (bicyclic) bond motifs is 1. The normalized spacial score (nSPS) is 9.50. The Bertz CT molecular complexity index is 625. The summed E-state index contributed by atoms with van der Waals surface area (Å²) in [4.78, 5) is 23.5. The number of benzene rings is 1. The fourth-order valence-electron chi connectivity index (χ4n) is 1.37. The van der Waals surface area contributed by atoms with Crippen molar-refractivity contribution in [2.75, 3.05) is 6.61 Å². The zero-order valence-corrected chi connectivity index (χ0v) is 11.3. The van der Waals surface area contributed by atoms with Gasteiger partial charge in [-0.2, -0.15) is 0 Å². The molecule has 20 heavy (non-hydrogen) atoms. The highest BCUT2D eigenvalue weighted by Crippen LogP contribution is 2.29. The summed E-state index contributed by atoms with van der Waals surface area (Å²) in [6.07, 6.45) is 1.60. The van der Waals surface area contributed by atoms with E-state index >= 15 is 0 Å². The molecule has 0 saturated heterocycles. The topological polar surface area (TPSA) is 96.7 Å². The summed E-state index contributed by atoms with van der Waals surface area (Å²) in [5.41, 5.74) is 0.566. The molecule has 2 N–H and O–H groups in total. The van der Waals surface area contributed by atoms with E-state index in [0.29, 0.717) is 16.3 Å². The van der Waals surface area contributed by atoms with Crippen LogP contribution in [0.1, 0.15) is 6.92 Å². The van der Waals surface area contributed by atoms with Crippen LogP contribution in [0.5, 0.6) is 5.75 Å². The maximum Gasteiger partial charge on any atom is 0.341 e. The van der Waals surface area contributed by atoms with Crippen molar-refractivity contribution in [3.63, 3.8) is 0 Å². The minimum Gasteiger partial charge on any atom is -0.481 e. The Morgan fingerprint density at radius 2 is 1.95 bits per heavy atom. The van der Waals surface area contributed by atoms with Gasteiger partial charge in [-0.25, -0.2) is 4.79 Å². The Morgan fingerprint density at radius 1 is 1.30 bits per heavy atom. The molecule has 0 atom stereocenters. The molecule has 1 heterocycles. The number of aliphatic carboxylic acids is 2. The van der Waals surface area contributed by atoms with Crippen molar-refractivity contribution in [2.24, 2.45) is 0 Å². The molecule has 0 fully saturated rings. The number of carboxylic acid groups (broad SMARTS) is 2. The Labute approximate surface area is 119 Å². The molecule has 0 amide bonds. The zero-order valence-electron chi connectivity index (χ0n) is 10.5. The SMILES string of the molecule is CC(=O)O.O=C(O)COc1ccc(Cl)c2cccnc12. The second-order valence-electron chi connectivity index (χ2n) is 3.65. The van der Waals surface area contributed by atoms with E-state index in [0.717, 1.165) is 12.3 Å². The monoisotopic (exact) mass is 297 g/mol. The minimum absolute atomic E-state index is 0.396. The molecule has 2 rings (SSSR count). The number of hydrogen-bond acceptors (Lipinski definition) is 4. The summed E-state index contributed by atoms with van der Waals surface area (Å²) < 4.78 is 5.12. The van der Waals surface area contributed by atoms with Gasteiger partial charge in [0.1, 0.15) is 11.3 Å². The Balaban J connectivity index is 0.000000444. The molecule has 0 aliphatic rings. The van der Waals surface area contributed by atoms with Crippen LogP contribution < -0.4 is 4.74 Å². The minimum atomic E-state index is -1.03. The van der Waals surface area contributed by atoms with Crippen LogP contribution in [-0.4, -0.2) is 33.7 Å². The molecule has 1 aromatic carbocycles. The van der Waals surface area contributed by atoms with Crippen molar-refractivity contribution >= 4 is 34.4 Å². The van der Waals surface area contributed by atoms with E-state index in [1.54, 1.807) is 30.5 Å². The van der Waals surface area contributed by atoms with E-state index in [1.807, 2.05) is 0 Å². The van der Waals surface area contributed by atoms with Crippen molar-refractivity contribution < 1.29 is 24.5 Å². The molecule has 0 bridgehead atoms. The van der Waals surface area contributed by atoms with Gasteiger partial charge in [-0.05, 0) is 24.3 Å². The smallest absolute Gasteiger partial charge is 0.341 e. The molecule has 0 spiro atoms. The van der Waals surface area contributed by atoms with Crippen LogP contribution in [0.25, 0.3) is 10.9 Å². The highest BCUT2D eigenvalue weighted by Gasteiger charge is 2.07. The summed E-state index contributed by atoms with van der Waals surface area (Å²) in [5.74, 6) is -1.44. The molecular formula is C13H12ClNO5. The van der Waals surface area contributed by atoms with Crippen LogP contribution in [-0.2, 0) is 9.59 Å². The Kier molecular flexibility index (Phi) is 5.74. The van der Waals surface area contributed by atoms with Gasteiger partial charge in [0.05, 0.1) is 5.02 Å². The van der Waals surface area contributed by atoms with Crippen LogP contribution in [0.3, 0.4) is 0 Å². The lowest BCUT2D eigenvalue weighted by molar-refractivity contribution is -0.139. The maximum atomic E-state index is 10.4. The van der Waals surface area contributed by atoms with E-state index in [-0.39, 0.29) is 0 Å². The number of pyridine rings is 1. The summed E-state index contributed by atoms with van der Waals surface area (Å²) >= 11 is 5.98. The first-order chi connectivity index (χ1) is 9.41. The van der Waals surface area contributed by atoms with Gasteiger partial charge in [0.25, 0.3) is 5.97 Å². The third-order valence-corrected chi connectivity index (χ3v) is 2.36. The fourth-order valence-corrected chi connectivity index (χ4v) is 1.58. The lowest BCUT2D eigenvalue weighted by Gasteiger charge is -2.07. The first kappa shape index (κ1) is 15.7. The molecule has 106 valence electrons. The van der Waals surface area contributed by atoms with Crippen molar-refractivity contribution in [3.05, 3.63) is 35.5 Å². The fraction of sp³-hybridized carbons (Fsp3) is 0.154. The van der Waals surface area contributed by atoms with Crippen LogP contribution in [0.2, 0.25) is 5.02 Å². The summed E-state index contributed by atoms with van der Waals surface area (Å²) in [6.45, 7) is 0.688. The Hall–Kier alpha value is -2.34. The van der Waals surface area contributed by atoms with Crippen LogP contribution in [0.15, 0.2) is 30.5 Å². The van der Waals surface area contributed by atoms with E-state index in [9.17, 15) is 4.79 Å². The quantitative estimate of drug-likeness (QED) is 0.903. The molecule has 7 heteroatoms. The second-order valence-corrected chi connectivity index (χ2v) is 4.05.